The van der Waals surface area contributed by atoms with Gasteiger partial charge in [0, 0.05) is 31.7 Å². The van der Waals surface area contributed by atoms with Gasteiger partial charge in [0.25, 0.3) is 0 Å². The van der Waals surface area contributed by atoms with Gasteiger partial charge in [-0.25, -0.2) is 8.42 Å². The van der Waals surface area contributed by atoms with Crippen LogP contribution in [0.4, 0.5) is 5.82 Å². The number of hydrogen-bond donors (Lipinski definition) is 0. The Bertz CT molecular complexity index is 1200. The molecule has 1 aliphatic rings. The number of methoxy groups -OCH3 is 1. The first-order valence-corrected chi connectivity index (χ1v) is 12.0. The Kier molecular flexibility index (Phi) is 6.17. The molecule has 7 nitrogen and oxygen atoms in total. The lowest BCUT2D eigenvalue weighted by atomic mass is 10.1. The maximum Gasteiger partial charge on any atom is 0.243 e. The Labute approximate surface area is 189 Å². The molecule has 0 amide bonds. The predicted octanol–water partition coefficient (Wildman–Crippen LogP) is 3.59. The molecule has 3 aromatic rings. The Morgan fingerprint density at radius 1 is 0.844 bits per heavy atom. The van der Waals surface area contributed by atoms with Crippen LogP contribution in [0.1, 0.15) is 16.7 Å². The molecule has 1 fully saturated rings. The molecule has 0 radical (unpaired) electrons. The van der Waals surface area contributed by atoms with Crippen LogP contribution in [0.15, 0.2) is 53.4 Å². The minimum absolute atomic E-state index is 0.339. The molecule has 0 bridgehead atoms. The molecular weight excluding hydrogens is 424 g/mol. The second kappa shape index (κ2) is 8.88. The van der Waals surface area contributed by atoms with Gasteiger partial charge in [-0.3, -0.25) is 0 Å². The minimum atomic E-state index is -3.58. The molecule has 0 N–H and O–H groups in total. The van der Waals surface area contributed by atoms with Crippen molar-refractivity contribution in [1.82, 2.24) is 14.5 Å². The fraction of sp³-hybridized carbons (Fsp3) is 0.333. The van der Waals surface area contributed by atoms with Crippen molar-refractivity contribution in [3.63, 3.8) is 0 Å². The Morgan fingerprint density at radius 3 is 2.12 bits per heavy atom. The Hall–Kier alpha value is -2.97. The molecule has 168 valence electrons. The third-order valence-electron chi connectivity index (χ3n) is 5.87. The van der Waals surface area contributed by atoms with Crippen molar-refractivity contribution in [2.75, 3.05) is 38.2 Å². The number of aryl methyl sites for hydroxylation is 3. The number of rotatable bonds is 5. The van der Waals surface area contributed by atoms with Gasteiger partial charge >= 0.3 is 0 Å². The van der Waals surface area contributed by atoms with Crippen molar-refractivity contribution in [3.05, 3.63) is 65.2 Å². The molecular formula is C24H28N4O3S. The van der Waals surface area contributed by atoms with Crippen LogP contribution in [0.3, 0.4) is 0 Å². The molecule has 1 aromatic heterocycles. The van der Waals surface area contributed by atoms with Gasteiger partial charge in [-0.2, -0.15) is 4.31 Å². The Balaban J connectivity index is 1.46. The van der Waals surface area contributed by atoms with Crippen LogP contribution in [0.2, 0.25) is 0 Å². The molecule has 0 aliphatic carbocycles. The second-order valence-corrected chi connectivity index (χ2v) is 10.0. The van der Waals surface area contributed by atoms with Crippen LogP contribution < -0.4 is 9.64 Å². The molecule has 2 heterocycles. The molecule has 32 heavy (non-hydrogen) atoms. The lowest BCUT2D eigenvalue weighted by Gasteiger charge is -2.34. The number of ether oxygens (including phenoxy) is 1. The summed E-state index contributed by atoms with van der Waals surface area (Å²) in [5.41, 5.74) is 4.54. The van der Waals surface area contributed by atoms with Gasteiger partial charge in [0.15, 0.2) is 5.82 Å². The standard InChI is InChI=1S/C24H28N4O3S/c1-17-5-7-20(8-6-17)21-9-10-24(26-25-21)27-11-13-28(14-12-27)32(29,30)23-16-18(2)22(31-4)15-19(23)3/h5-10,15-16H,11-14H2,1-4H3. The van der Waals surface area contributed by atoms with E-state index in [1.807, 2.05) is 31.2 Å². The largest absolute Gasteiger partial charge is 0.496 e. The first kappa shape index (κ1) is 22.2. The minimum Gasteiger partial charge on any atom is -0.496 e. The van der Waals surface area contributed by atoms with Crippen molar-refractivity contribution < 1.29 is 13.2 Å². The van der Waals surface area contributed by atoms with Crippen LogP contribution in [0, 0.1) is 20.8 Å². The number of hydrogen-bond acceptors (Lipinski definition) is 6. The van der Waals surface area contributed by atoms with Gasteiger partial charge in [-0.1, -0.05) is 29.8 Å². The number of piperazine rings is 1. The van der Waals surface area contributed by atoms with E-state index in [0.29, 0.717) is 42.4 Å². The van der Waals surface area contributed by atoms with Gasteiger partial charge < -0.3 is 9.64 Å². The van der Waals surface area contributed by atoms with Gasteiger partial charge in [0.05, 0.1) is 17.7 Å². The topological polar surface area (TPSA) is 75.6 Å². The quantitative estimate of drug-likeness (QED) is 0.589. The molecule has 2 aromatic carbocycles. The van der Waals surface area contributed by atoms with Crippen LogP contribution in [0.25, 0.3) is 11.3 Å². The summed E-state index contributed by atoms with van der Waals surface area (Å²) in [6.45, 7) is 7.63. The highest BCUT2D eigenvalue weighted by atomic mass is 32.2. The fourth-order valence-electron chi connectivity index (χ4n) is 3.93. The summed E-state index contributed by atoms with van der Waals surface area (Å²) in [7, 11) is -1.99. The average Bonchev–Trinajstić information content (AvgIpc) is 2.81. The van der Waals surface area contributed by atoms with Crippen molar-refractivity contribution in [2.24, 2.45) is 0 Å². The van der Waals surface area contributed by atoms with Gasteiger partial charge in [0.1, 0.15) is 5.75 Å². The summed E-state index contributed by atoms with van der Waals surface area (Å²) < 4.78 is 33.4. The zero-order valence-electron chi connectivity index (χ0n) is 18.9. The highest BCUT2D eigenvalue weighted by molar-refractivity contribution is 7.89. The van der Waals surface area contributed by atoms with E-state index in [4.69, 9.17) is 4.74 Å². The van der Waals surface area contributed by atoms with Gasteiger partial charge in [-0.15, -0.1) is 10.2 Å². The summed E-state index contributed by atoms with van der Waals surface area (Å²) >= 11 is 0. The van der Waals surface area contributed by atoms with E-state index in [2.05, 4.69) is 34.2 Å². The molecule has 0 atom stereocenters. The molecule has 0 unspecified atom stereocenters. The van der Waals surface area contributed by atoms with E-state index in [1.54, 1.807) is 30.5 Å². The second-order valence-electron chi connectivity index (χ2n) is 8.12. The number of anilines is 1. The number of benzene rings is 2. The molecule has 4 rings (SSSR count). The maximum absolute atomic E-state index is 13.3. The predicted molar refractivity (Wildman–Crippen MR) is 126 cm³/mol. The lowest BCUT2D eigenvalue weighted by molar-refractivity contribution is 0.382. The zero-order chi connectivity index (χ0) is 22.9. The zero-order valence-corrected chi connectivity index (χ0v) is 19.7. The average molecular weight is 453 g/mol. The molecule has 1 saturated heterocycles. The highest BCUT2D eigenvalue weighted by Crippen LogP contribution is 2.29. The van der Waals surface area contributed by atoms with Crippen molar-refractivity contribution in [3.8, 4) is 17.0 Å². The molecule has 0 saturated carbocycles. The van der Waals surface area contributed by atoms with E-state index < -0.39 is 10.0 Å². The SMILES string of the molecule is COc1cc(C)c(S(=O)(=O)N2CCN(c3ccc(-c4ccc(C)cc4)nn3)CC2)cc1C. The van der Waals surface area contributed by atoms with Crippen LogP contribution >= 0.6 is 0 Å². The van der Waals surface area contributed by atoms with Crippen molar-refractivity contribution in [1.29, 1.82) is 0 Å². The van der Waals surface area contributed by atoms with E-state index in [-0.39, 0.29) is 0 Å². The van der Waals surface area contributed by atoms with Crippen molar-refractivity contribution in [2.45, 2.75) is 25.7 Å². The summed E-state index contributed by atoms with van der Waals surface area (Å²) in [6, 6.07) is 15.6. The molecule has 1 aliphatic heterocycles. The first-order valence-electron chi connectivity index (χ1n) is 10.6. The normalized spacial score (nSPS) is 15.1. The summed E-state index contributed by atoms with van der Waals surface area (Å²) in [6.07, 6.45) is 0. The van der Waals surface area contributed by atoms with Crippen LogP contribution in [0.5, 0.6) is 5.75 Å². The van der Waals surface area contributed by atoms with E-state index in [0.717, 1.165) is 22.6 Å². The fourth-order valence-corrected chi connectivity index (χ4v) is 5.64. The van der Waals surface area contributed by atoms with Crippen molar-refractivity contribution >= 4 is 15.8 Å². The Morgan fingerprint density at radius 2 is 1.53 bits per heavy atom. The number of nitrogens with zero attached hydrogens (tertiary/aromatic N) is 4. The lowest BCUT2D eigenvalue weighted by Crippen LogP contribution is -2.49. The summed E-state index contributed by atoms with van der Waals surface area (Å²) in [5, 5.41) is 8.76. The highest BCUT2D eigenvalue weighted by Gasteiger charge is 2.30. The van der Waals surface area contributed by atoms with E-state index in [9.17, 15) is 8.42 Å². The van der Waals surface area contributed by atoms with E-state index >= 15 is 0 Å². The summed E-state index contributed by atoms with van der Waals surface area (Å²) in [4.78, 5) is 2.41. The van der Waals surface area contributed by atoms with E-state index in [1.165, 1.54) is 5.56 Å². The van der Waals surface area contributed by atoms with Crippen LogP contribution in [-0.2, 0) is 10.0 Å². The third-order valence-corrected chi connectivity index (χ3v) is 7.91. The number of sulfonamides is 1. The molecule has 8 heteroatoms. The third kappa shape index (κ3) is 4.33. The maximum atomic E-state index is 13.3. The first-order chi connectivity index (χ1) is 15.3. The monoisotopic (exact) mass is 452 g/mol. The smallest absolute Gasteiger partial charge is 0.243 e. The van der Waals surface area contributed by atoms with Gasteiger partial charge in [0.2, 0.25) is 10.0 Å². The number of aromatic nitrogens is 2. The van der Waals surface area contributed by atoms with Gasteiger partial charge in [-0.05, 0) is 56.2 Å². The molecule has 0 spiro atoms. The van der Waals surface area contributed by atoms with Crippen LogP contribution in [-0.4, -0.2) is 56.2 Å². The summed E-state index contributed by atoms with van der Waals surface area (Å²) in [5.74, 6) is 1.45.